The van der Waals surface area contributed by atoms with Crippen molar-refractivity contribution < 1.29 is 19.1 Å². The van der Waals surface area contributed by atoms with Crippen LogP contribution in [0.15, 0.2) is 11.3 Å². The van der Waals surface area contributed by atoms with Crippen LogP contribution in [0.4, 0.5) is 4.79 Å². The van der Waals surface area contributed by atoms with E-state index in [1.54, 1.807) is 18.9 Å². The predicted molar refractivity (Wildman–Crippen MR) is 85.6 cm³/mol. The van der Waals surface area contributed by atoms with Crippen molar-refractivity contribution >= 4 is 17.9 Å². The van der Waals surface area contributed by atoms with Crippen LogP contribution in [0.3, 0.4) is 0 Å². The first-order valence-electron chi connectivity index (χ1n) is 7.56. The van der Waals surface area contributed by atoms with Gasteiger partial charge in [-0.05, 0) is 34.7 Å². The number of hydrogen-bond acceptors (Lipinski definition) is 5. The molecule has 0 aromatic rings. The van der Waals surface area contributed by atoms with Crippen LogP contribution in [0.2, 0.25) is 0 Å². The SMILES string of the molecule is CCOC(=O)C1=C(CN(C)CC(=O)NC(C)(C)C)NC(=O)NC1. The van der Waals surface area contributed by atoms with Gasteiger partial charge in [0.25, 0.3) is 0 Å². The molecule has 23 heavy (non-hydrogen) atoms. The fraction of sp³-hybridized carbons (Fsp3) is 0.667. The molecule has 0 radical (unpaired) electrons. The molecule has 0 atom stereocenters. The second-order valence-electron chi connectivity index (χ2n) is 6.46. The molecular weight excluding hydrogens is 300 g/mol. The number of amides is 3. The minimum Gasteiger partial charge on any atom is -0.463 e. The first-order chi connectivity index (χ1) is 10.6. The van der Waals surface area contributed by atoms with Crippen molar-refractivity contribution in [3.8, 4) is 0 Å². The van der Waals surface area contributed by atoms with E-state index in [9.17, 15) is 14.4 Å². The van der Waals surface area contributed by atoms with Crippen LogP contribution in [0, 0.1) is 0 Å². The van der Waals surface area contributed by atoms with Crippen molar-refractivity contribution in [2.75, 3.05) is 33.3 Å². The van der Waals surface area contributed by atoms with Crippen molar-refractivity contribution in [3.63, 3.8) is 0 Å². The summed E-state index contributed by atoms with van der Waals surface area (Å²) in [5, 5.41) is 8.02. The molecule has 0 saturated carbocycles. The van der Waals surface area contributed by atoms with Gasteiger partial charge in [-0.15, -0.1) is 0 Å². The van der Waals surface area contributed by atoms with Gasteiger partial charge >= 0.3 is 12.0 Å². The summed E-state index contributed by atoms with van der Waals surface area (Å²) in [4.78, 5) is 37.1. The Bertz CT molecular complexity index is 508. The smallest absolute Gasteiger partial charge is 0.337 e. The van der Waals surface area contributed by atoms with Gasteiger partial charge in [-0.1, -0.05) is 0 Å². The molecule has 3 N–H and O–H groups in total. The topological polar surface area (TPSA) is 99.8 Å². The van der Waals surface area contributed by atoms with E-state index in [0.717, 1.165) is 0 Å². The lowest BCUT2D eigenvalue weighted by Crippen LogP contribution is -2.48. The second-order valence-corrected chi connectivity index (χ2v) is 6.46. The summed E-state index contributed by atoms with van der Waals surface area (Å²) in [6.45, 7) is 8.21. The Kier molecular flexibility index (Phi) is 6.56. The summed E-state index contributed by atoms with van der Waals surface area (Å²) >= 11 is 0. The molecular formula is C15H26N4O4. The molecule has 1 aliphatic heterocycles. The summed E-state index contributed by atoms with van der Waals surface area (Å²) in [6, 6.07) is -0.374. The zero-order valence-corrected chi connectivity index (χ0v) is 14.4. The average molecular weight is 326 g/mol. The highest BCUT2D eigenvalue weighted by atomic mass is 16.5. The minimum atomic E-state index is -0.470. The molecule has 0 spiro atoms. The molecule has 1 heterocycles. The summed E-state index contributed by atoms with van der Waals surface area (Å²) < 4.78 is 4.99. The van der Waals surface area contributed by atoms with E-state index < -0.39 is 5.97 Å². The Labute approximate surface area is 136 Å². The zero-order valence-electron chi connectivity index (χ0n) is 14.4. The van der Waals surface area contributed by atoms with Crippen LogP contribution in [-0.4, -0.2) is 61.6 Å². The monoisotopic (exact) mass is 326 g/mol. The van der Waals surface area contributed by atoms with Gasteiger partial charge in [-0.3, -0.25) is 9.69 Å². The number of carbonyl (C=O) groups is 3. The number of esters is 1. The lowest BCUT2D eigenvalue weighted by molar-refractivity contribution is -0.138. The molecule has 0 bridgehead atoms. The first kappa shape index (κ1) is 19.0. The molecule has 1 aliphatic rings. The lowest BCUT2D eigenvalue weighted by Gasteiger charge is -2.26. The van der Waals surface area contributed by atoms with E-state index in [4.69, 9.17) is 4.74 Å². The largest absolute Gasteiger partial charge is 0.463 e. The molecule has 0 fully saturated rings. The highest BCUT2D eigenvalue weighted by Crippen LogP contribution is 2.09. The molecule has 0 saturated heterocycles. The Hall–Kier alpha value is -2.09. The molecule has 130 valence electrons. The van der Waals surface area contributed by atoms with Crippen LogP contribution in [0.25, 0.3) is 0 Å². The number of ether oxygens (including phenoxy) is 1. The third-order valence-electron chi connectivity index (χ3n) is 2.93. The molecule has 3 amide bonds. The van der Waals surface area contributed by atoms with E-state index in [2.05, 4.69) is 16.0 Å². The summed E-state index contributed by atoms with van der Waals surface area (Å²) in [5.41, 5.74) is 0.517. The predicted octanol–water partition coefficient (Wildman–Crippen LogP) is -0.0371. The Morgan fingerprint density at radius 2 is 2.00 bits per heavy atom. The Morgan fingerprint density at radius 1 is 1.35 bits per heavy atom. The van der Waals surface area contributed by atoms with Crippen LogP contribution >= 0.6 is 0 Å². The van der Waals surface area contributed by atoms with Gasteiger partial charge in [0.2, 0.25) is 5.91 Å². The Balaban J connectivity index is 2.74. The molecule has 0 aliphatic carbocycles. The quantitative estimate of drug-likeness (QED) is 0.595. The second kappa shape index (κ2) is 7.96. The number of likely N-dealkylation sites (N-methyl/N-ethyl adjacent to an activating group) is 1. The Morgan fingerprint density at radius 3 is 2.57 bits per heavy atom. The van der Waals surface area contributed by atoms with E-state index in [-0.39, 0.29) is 43.7 Å². The van der Waals surface area contributed by atoms with Gasteiger partial charge in [0.05, 0.1) is 25.3 Å². The maximum atomic E-state index is 11.9. The summed E-state index contributed by atoms with van der Waals surface area (Å²) in [6.07, 6.45) is 0. The first-order valence-corrected chi connectivity index (χ1v) is 7.56. The standard InChI is InChI=1S/C15H26N4O4/c1-6-23-13(21)10-7-16-14(22)17-11(10)8-19(5)9-12(20)18-15(2,3)4/h6-9H2,1-5H3,(H,18,20)(H2,16,17,22). The minimum absolute atomic E-state index is 0.113. The highest BCUT2D eigenvalue weighted by molar-refractivity contribution is 5.93. The van der Waals surface area contributed by atoms with Gasteiger partial charge in [0, 0.05) is 17.8 Å². The van der Waals surface area contributed by atoms with Crippen LogP contribution in [-0.2, 0) is 14.3 Å². The van der Waals surface area contributed by atoms with E-state index in [1.165, 1.54) is 0 Å². The average Bonchev–Trinajstić information content (AvgIpc) is 2.36. The fourth-order valence-corrected chi connectivity index (χ4v) is 2.11. The zero-order chi connectivity index (χ0) is 17.6. The number of carbonyl (C=O) groups excluding carboxylic acids is 3. The molecule has 0 unspecified atom stereocenters. The molecule has 8 nitrogen and oxygen atoms in total. The normalized spacial score (nSPS) is 15.1. The van der Waals surface area contributed by atoms with Gasteiger partial charge in [0.1, 0.15) is 0 Å². The van der Waals surface area contributed by atoms with Crippen LogP contribution in [0.1, 0.15) is 27.7 Å². The van der Waals surface area contributed by atoms with Crippen LogP contribution < -0.4 is 16.0 Å². The van der Waals surface area contributed by atoms with Crippen molar-refractivity contribution in [2.24, 2.45) is 0 Å². The third kappa shape index (κ3) is 6.68. The maximum Gasteiger partial charge on any atom is 0.337 e. The highest BCUT2D eigenvalue weighted by Gasteiger charge is 2.25. The van der Waals surface area contributed by atoms with Gasteiger partial charge in [0.15, 0.2) is 0 Å². The van der Waals surface area contributed by atoms with Gasteiger partial charge in [-0.2, -0.15) is 0 Å². The van der Waals surface area contributed by atoms with Crippen molar-refractivity contribution in [3.05, 3.63) is 11.3 Å². The lowest BCUT2D eigenvalue weighted by atomic mass is 10.1. The summed E-state index contributed by atoms with van der Waals surface area (Å²) in [5.74, 6) is -0.596. The molecule has 1 rings (SSSR count). The van der Waals surface area contributed by atoms with E-state index in [0.29, 0.717) is 11.3 Å². The molecule has 0 aromatic carbocycles. The third-order valence-corrected chi connectivity index (χ3v) is 2.93. The fourth-order valence-electron chi connectivity index (χ4n) is 2.11. The number of rotatable bonds is 6. The number of nitrogens with one attached hydrogen (secondary N) is 3. The van der Waals surface area contributed by atoms with Crippen LogP contribution in [0.5, 0.6) is 0 Å². The summed E-state index contributed by atoms with van der Waals surface area (Å²) in [7, 11) is 1.74. The van der Waals surface area contributed by atoms with E-state index >= 15 is 0 Å². The van der Waals surface area contributed by atoms with Gasteiger partial charge < -0.3 is 20.7 Å². The molecule has 8 heteroatoms. The van der Waals surface area contributed by atoms with Gasteiger partial charge in [-0.25, -0.2) is 9.59 Å². The number of urea groups is 1. The number of hydrogen-bond donors (Lipinski definition) is 3. The van der Waals surface area contributed by atoms with E-state index in [1.807, 2.05) is 20.8 Å². The van der Waals surface area contributed by atoms with Crippen molar-refractivity contribution in [1.29, 1.82) is 0 Å². The van der Waals surface area contributed by atoms with Crippen molar-refractivity contribution in [2.45, 2.75) is 33.2 Å². The molecule has 0 aromatic heterocycles. The number of nitrogens with zero attached hydrogens (tertiary/aromatic N) is 1. The maximum absolute atomic E-state index is 11.9. The van der Waals surface area contributed by atoms with Crippen molar-refractivity contribution in [1.82, 2.24) is 20.9 Å².